The van der Waals surface area contributed by atoms with Crippen molar-refractivity contribution in [3.63, 3.8) is 0 Å². The van der Waals surface area contributed by atoms with Gasteiger partial charge in [0.1, 0.15) is 18.6 Å². The largest absolute Gasteiger partial charge is 0.466 e. The normalized spacial score (nSPS) is 23.0. The van der Waals surface area contributed by atoms with Gasteiger partial charge in [-0.2, -0.15) is 0 Å². The molecule has 0 N–H and O–H groups in total. The van der Waals surface area contributed by atoms with Crippen molar-refractivity contribution in [2.75, 3.05) is 33.9 Å². The standard InChI is InChI=1S/C17H29NO7/c1-6-23-17(20)9-14(19)7-8-18-10-15(24-12(2)21-4)16(11-18)25-13(3)22-5/h7-8,12-13,15-16H,6,9-11H2,1-5H3/b8-7+/t12?,13?,15-,16-/m0/s1. The zero-order valence-electron chi connectivity index (χ0n) is 15.6. The van der Waals surface area contributed by atoms with Gasteiger partial charge in [-0.15, -0.1) is 0 Å². The van der Waals surface area contributed by atoms with E-state index in [1.807, 2.05) is 4.90 Å². The highest BCUT2D eigenvalue weighted by atomic mass is 16.7. The molecule has 0 aromatic rings. The van der Waals surface area contributed by atoms with E-state index in [1.165, 1.54) is 6.08 Å². The molecular weight excluding hydrogens is 330 g/mol. The predicted molar refractivity (Wildman–Crippen MR) is 89.7 cm³/mol. The number of carbonyl (C=O) groups excluding carboxylic acids is 2. The van der Waals surface area contributed by atoms with Crippen molar-refractivity contribution in [2.24, 2.45) is 0 Å². The van der Waals surface area contributed by atoms with Gasteiger partial charge < -0.3 is 28.6 Å². The number of hydrogen-bond acceptors (Lipinski definition) is 8. The Bertz CT molecular complexity index is 434. The van der Waals surface area contributed by atoms with Crippen LogP contribution in [0.3, 0.4) is 0 Å². The molecule has 4 atom stereocenters. The maximum absolute atomic E-state index is 11.8. The molecule has 0 aliphatic carbocycles. The third kappa shape index (κ3) is 7.96. The van der Waals surface area contributed by atoms with E-state index in [1.54, 1.807) is 41.2 Å². The molecule has 1 aliphatic heterocycles. The van der Waals surface area contributed by atoms with Gasteiger partial charge in [-0.25, -0.2) is 0 Å². The van der Waals surface area contributed by atoms with Gasteiger partial charge in [-0.3, -0.25) is 9.59 Å². The maximum atomic E-state index is 11.8. The summed E-state index contributed by atoms with van der Waals surface area (Å²) in [5.41, 5.74) is 0. The molecule has 0 aromatic heterocycles. The summed E-state index contributed by atoms with van der Waals surface area (Å²) in [5, 5.41) is 0. The second kappa shape index (κ2) is 11.2. The second-order valence-electron chi connectivity index (χ2n) is 5.67. The van der Waals surface area contributed by atoms with Crippen LogP contribution in [0.2, 0.25) is 0 Å². The quantitative estimate of drug-likeness (QED) is 0.235. The number of ether oxygens (including phenoxy) is 5. The molecule has 1 heterocycles. The van der Waals surface area contributed by atoms with E-state index < -0.39 is 5.97 Å². The Morgan fingerprint density at radius 1 is 1.08 bits per heavy atom. The van der Waals surface area contributed by atoms with Crippen LogP contribution in [0.25, 0.3) is 0 Å². The van der Waals surface area contributed by atoms with Crippen molar-refractivity contribution >= 4 is 11.8 Å². The Morgan fingerprint density at radius 3 is 2.04 bits per heavy atom. The summed E-state index contributed by atoms with van der Waals surface area (Å²) in [6.07, 6.45) is 1.56. The Morgan fingerprint density at radius 2 is 1.60 bits per heavy atom. The van der Waals surface area contributed by atoms with E-state index in [0.717, 1.165) is 0 Å². The number of rotatable bonds is 11. The first-order valence-electron chi connectivity index (χ1n) is 8.36. The minimum Gasteiger partial charge on any atom is -0.466 e. The summed E-state index contributed by atoms with van der Waals surface area (Å²) < 4.78 is 26.7. The molecule has 8 heteroatoms. The molecule has 0 amide bonds. The maximum Gasteiger partial charge on any atom is 0.313 e. The molecule has 8 nitrogen and oxygen atoms in total. The van der Waals surface area contributed by atoms with Crippen LogP contribution < -0.4 is 0 Å². The molecule has 2 unspecified atom stereocenters. The minimum atomic E-state index is -0.524. The Labute approximate surface area is 149 Å². The summed E-state index contributed by atoms with van der Waals surface area (Å²) in [7, 11) is 3.14. The monoisotopic (exact) mass is 359 g/mol. The fourth-order valence-corrected chi connectivity index (χ4v) is 2.36. The molecule has 0 bridgehead atoms. The third-order valence-corrected chi connectivity index (χ3v) is 3.74. The first-order chi connectivity index (χ1) is 11.9. The van der Waals surface area contributed by atoms with Crippen molar-refractivity contribution in [3.05, 3.63) is 12.3 Å². The topological polar surface area (TPSA) is 83.5 Å². The number of hydrogen-bond donors (Lipinski definition) is 0. The number of esters is 1. The molecule has 1 aliphatic rings. The van der Waals surface area contributed by atoms with Gasteiger partial charge in [0.2, 0.25) is 0 Å². The summed E-state index contributed by atoms with van der Waals surface area (Å²) >= 11 is 0. The van der Waals surface area contributed by atoms with Gasteiger partial charge >= 0.3 is 5.97 Å². The number of methoxy groups -OCH3 is 2. The van der Waals surface area contributed by atoms with Crippen molar-refractivity contribution in [3.8, 4) is 0 Å². The summed E-state index contributed by atoms with van der Waals surface area (Å²) in [5.74, 6) is -0.834. The van der Waals surface area contributed by atoms with E-state index in [9.17, 15) is 9.59 Å². The molecule has 0 saturated carbocycles. The summed E-state index contributed by atoms with van der Waals surface area (Å²) in [4.78, 5) is 25.0. The Balaban J connectivity index is 2.61. The van der Waals surface area contributed by atoms with Gasteiger partial charge in [0.05, 0.1) is 6.61 Å². The third-order valence-electron chi connectivity index (χ3n) is 3.74. The number of ketones is 1. The van der Waals surface area contributed by atoms with Crippen LogP contribution in [0.4, 0.5) is 0 Å². The fourth-order valence-electron chi connectivity index (χ4n) is 2.36. The molecule has 0 aromatic carbocycles. The van der Waals surface area contributed by atoms with Crippen molar-refractivity contribution < 1.29 is 33.3 Å². The number of likely N-dealkylation sites (tertiary alicyclic amines) is 1. The Hall–Kier alpha value is -1.48. The molecule has 144 valence electrons. The van der Waals surface area contributed by atoms with Gasteiger partial charge in [-0.05, 0) is 26.8 Å². The van der Waals surface area contributed by atoms with Gasteiger partial charge in [-0.1, -0.05) is 0 Å². The van der Waals surface area contributed by atoms with Crippen LogP contribution >= 0.6 is 0 Å². The van der Waals surface area contributed by atoms with E-state index in [-0.39, 0.29) is 43.6 Å². The SMILES string of the molecule is CCOC(=O)CC(=O)/C=C/N1C[C@H](OC(C)OC)[C@@H](OC(C)OC)C1. The zero-order valence-corrected chi connectivity index (χ0v) is 15.6. The summed E-state index contributed by atoms with van der Waals surface area (Å²) in [6, 6.07) is 0. The van der Waals surface area contributed by atoms with Crippen molar-refractivity contribution in [2.45, 2.75) is 52.0 Å². The van der Waals surface area contributed by atoms with Gasteiger partial charge in [0.15, 0.2) is 18.4 Å². The molecule has 25 heavy (non-hydrogen) atoms. The highest BCUT2D eigenvalue weighted by Crippen LogP contribution is 2.20. The van der Waals surface area contributed by atoms with Crippen LogP contribution in [0.5, 0.6) is 0 Å². The summed E-state index contributed by atoms with van der Waals surface area (Å²) in [6.45, 7) is 6.65. The molecule has 1 saturated heterocycles. The lowest BCUT2D eigenvalue weighted by Crippen LogP contribution is -2.36. The molecule has 0 spiro atoms. The zero-order chi connectivity index (χ0) is 18.8. The van der Waals surface area contributed by atoms with E-state index in [4.69, 9.17) is 23.7 Å². The molecule has 1 fully saturated rings. The van der Waals surface area contributed by atoms with Gasteiger partial charge in [0, 0.05) is 33.5 Å². The highest BCUT2D eigenvalue weighted by Gasteiger charge is 2.35. The van der Waals surface area contributed by atoms with Crippen molar-refractivity contribution in [1.29, 1.82) is 0 Å². The lowest BCUT2D eigenvalue weighted by Gasteiger charge is -2.24. The predicted octanol–water partition coefficient (Wildman–Crippen LogP) is 1.09. The second-order valence-corrected chi connectivity index (χ2v) is 5.67. The molecule has 1 rings (SSSR count). The average molecular weight is 359 g/mol. The average Bonchev–Trinajstić information content (AvgIpc) is 2.94. The Kier molecular flexibility index (Phi) is 9.66. The fraction of sp³-hybridized carbons (Fsp3) is 0.765. The van der Waals surface area contributed by atoms with Gasteiger partial charge in [0.25, 0.3) is 0 Å². The van der Waals surface area contributed by atoms with Crippen molar-refractivity contribution in [1.82, 2.24) is 4.90 Å². The van der Waals surface area contributed by atoms with Crippen LogP contribution in [-0.2, 0) is 33.3 Å². The molecule has 0 radical (unpaired) electrons. The van der Waals surface area contributed by atoms with E-state index in [0.29, 0.717) is 13.1 Å². The highest BCUT2D eigenvalue weighted by molar-refractivity contribution is 6.01. The van der Waals surface area contributed by atoms with Crippen LogP contribution in [0.1, 0.15) is 27.2 Å². The number of carbonyl (C=O) groups is 2. The first-order valence-corrected chi connectivity index (χ1v) is 8.36. The van der Waals surface area contributed by atoms with E-state index >= 15 is 0 Å². The minimum absolute atomic E-state index is 0.225. The van der Waals surface area contributed by atoms with E-state index in [2.05, 4.69) is 0 Å². The number of allylic oxidation sites excluding steroid dienone is 1. The van der Waals surface area contributed by atoms with Crippen LogP contribution in [-0.4, -0.2) is 75.4 Å². The smallest absolute Gasteiger partial charge is 0.313 e. The lowest BCUT2D eigenvalue weighted by molar-refractivity contribution is -0.202. The molecular formula is C17H29NO7. The van der Waals surface area contributed by atoms with Crippen LogP contribution in [0, 0.1) is 0 Å². The van der Waals surface area contributed by atoms with Crippen LogP contribution in [0.15, 0.2) is 12.3 Å². The number of nitrogens with zero attached hydrogens (tertiary/aromatic N) is 1. The first kappa shape index (κ1) is 21.6. The lowest BCUT2D eigenvalue weighted by atomic mass is 10.2.